The molecular weight excluding hydrogens is 246 g/mol. The molecule has 1 unspecified atom stereocenters. The molecule has 18 heavy (non-hydrogen) atoms. The van der Waals surface area contributed by atoms with Crippen molar-refractivity contribution in [2.24, 2.45) is 0 Å². The summed E-state index contributed by atoms with van der Waals surface area (Å²) in [5.74, 6) is -0.0948. The summed E-state index contributed by atoms with van der Waals surface area (Å²) in [4.78, 5) is 16.3. The maximum Gasteiger partial charge on any atom is 0.253 e. The number of hydrogen-bond donors (Lipinski definition) is 2. The molecule has 2 N–H and O–H groups in total. The molecule has 0 aliphatic heterocycles. The highest BCUT2D eigenvalue weighted by Crippen LogP contribution is 2.18. The number of para-hydroxylation sites is 1. The molecule has 2 aromatic rings. The highest BCUT2D eigenvalue weighted by atomic mass is 32.1. The summed E-state index contributed by atoms with van der Waals surface area (Å²) in [6.45, 7) is 1.93. The van der Waals surface area contributed by atoms with Gasteiger partial charge in [-0.3, -0.25) is 4.79 Å². The van der Waals surface area contributed by atoms with Gasteiger partial charge in [0.05, 0.1) is 11.6 Å². The molecule has 0 saturated heterocycles. The average Bonchev–Trinajstić information content (AvgIpc) is 2.92. The van der Waals surface area contributed by atoms with E-state index in [1.54, 1.807) is 19.3 Å². The normalized spacial score (nSPS) is 11.9. The summed E-state index contributed by atoms with van der Waals surface area (Å²) in [6.07, 6.45) is 1.74. The zero-order valence-electron chi connectivity index (χ0n) is 10.3. The smallest absolute Gasteiger partial charge is 0.253 e. The topological polar surface area (TPSA) is 54.0 Å². The van der Waals surface area contributed by atoms with E-state index in [0.29, 0.717) is 5.56 Å². The Morgan fingerprint density at radius 1 is 1.39 bits per heavy atom. The van der Waals surface area contributed by atoms with Crippen molar-refractivity contribution < 1.29 is 4.79 Å². The third-order valence-corrected chi connectivity index (χ3v) is 3.57. The van der Waals surface area contributed by atoms with Crippen LogP contribution in [0.3, 0.4) is 0 Å². The summed E-state index contributed by atoms with van der Waals surface area (Å²) >= 11 is 1.54. The molecular formula is C13H15N3OS. The number of nitrogens with zero attached hydrogens (tertiary/aromatic N) is 1. The first-order chi connectivity index (χ1) is 8.72. The lowest BCUT2D eigenvalue weighted by Gasteiger charge is -2.13. The van der Waals surface area contributed by atoms with Crippen LogP contribution in [-0.4, -0.2) is 17.9 Å². The van der Waals surface area contributed by atoms with E-state index in [2.05, 4.69) is 15.6 Å². The van der Waals surface area contributed by atoms with Gasteiger partial charge in [-0.25, -0.2) is 4.98 Å². The quantitative estimate of drug-likeness (QED) is 0.889. The summed E-state index contributed by atoms with van der Waals surface area (Å²) in [7, 11) is 1.80. The minimum absolute atomic E-state index is 0.0811. The van der Waals surface area contributed by atoms with Crippen molar-refractivity contribution in [1.29, 1.82) is 0 Å². The SMILES string of the molecule is CNc1ccccc1C(=O)NC(C)c1nccs1. The Morgan fingerprint density at radius 3 is 2.83 bits per heavy atom. The molecule has 1 heterocycles. The first kappa shape index (κ1) is 12.6. The van der Waals surface area contributed by atoms with Gasteiger partial charge in [0, 0.05) is 24.3 Å². The number of aromatic nitrogens is 1. The van der Waals surface area contributed by atoms with Crippen LogP contribution in [0.1, 0.15) is 28.3 Å². The van der Waals surface area contributed by atoms with Gasteiger partial charge >= 0.3 is 0 Å². The van der Waals surface area contributed by atoms with Gasteiger partial charge in [-0.2, -0.15) is 0 Å². The Balaban J connectivity index is 2.12. The van der Waals surface area contributed by atoms with Crippen LogP contribution in [0.15, 0.2) is 35.8 Å². The minimum atomic E-state index is -0.0948. The molecule has 1 atom stereocenters. The van der Waals surface area contributed by atoms with Gasteiger partial charge in [0.2, 0.25) is 0 Å². The van der Waals surface area contributed by atoms with Crippen molar-refractivity contribution >= 4 is 22.9 Å². The molecule has 1 aromatic carbocycles. The summed E-state index contributed by atoms with van der Waals surface area (Å²) in [5.41, 5.74) is 1.46. The maximum atomic E-state index is 12.2. The molecule has 0 aliphatic carbocycles. The van der Waals surface area contributed by atoms with Gasteiger partial charge in [0.25, 0.3) is 5.91 Å². The number of carbonyl (C=O) groups excluding carboxylic acids is 1. The molecule has 5 heteroatoms. The van der Waals surface area contributed by atoms with E-state index in [4.69, 9.17) is 0 Å². The lowest BCUT2D eigenvalue weighted by atomic mass is 10.1. The Bertz CT molecular complexity index is 525. The zero-order chi connectivity index (χ0) is 13.0. The molecule has 0 fully saturated rings. The molecule has 1 aromatic heterocycles. The second kappa shape index (κ2) is 5.64. The van der Waals surface area contributed by atoms with Gasteiger partial charge in [-0.1, -0.05) is 12.1 Å². The first-order valence-corrected chi connectivity index (χ1v) is 6.57. The first-order valence-electron chi connectivity index (χ1n) is 5.69. The predicted octanol–water partition coefficient (Wildman–Crippen LogP) is 2.68. The van der Waals surface area contributed by atoms with Crippen LogP contribution in [0.2, 0.25) is 0 Å². The number of nitrogens with one attached hydrogen (secondary N) is 2. The van der Waals surface area contributed by atoms with E-state index in [-0.39, 0.29) is 11.9 Å². The Morgan fingerprint density at radius 2 is 2.17 bits per heavy atom. The van der Waals surface area contributed by atoms with Crippen LogP contribution in [0.5, 0.6) is 0 Å². The average molecular weight is 261 g/mol. The van der Waals surface area contributed by atoms with Crippen LogP contribution < -0.4 is 10.6 Å². The molecule has 0 bridgehead atoms. The van der Waals surface area contributed by atoms with Crippen LogP contribution in [0.25, 0.3) is 0 Å². The van der Waals surface area contributed by atoms with Crippen molar-refractivity contribution in [3.8, 4) is 0 Å². The van der Waals surface area contributed by atoms with Gasteiger partial charge in [-0.05, 0) is 19.1 Å². The van der Waals surface area contributed by atoms with Crippen LogP contribution >= 0.6 is 11.3 Å². The molecule has 4 nitrogen and oxygen atoms in total. The molecule has 1 amide bonds. The monoisotopic (exact) mass is 261 g/mol. The number of rotatable bonds is 4. The fourth-order valence-electron chi connectivity index (χ4n) is 1.68. The van der Waals surface area contributed by atoms with Crippen molar-refractivity contribution in [3.63, 3.8) is 0 Å². The van der Waals surface area contributed by atoms with E-state index in [1.165, 1.54) is 11.3 Å². The predicted molar refractivity (Wildman–Crippen MR) is 74.0 cm³/mol. The second-order valence-electron chi connectivity index (χ2n) is 3.86. The van der Waals surface area contributed by atoms with E-state index in [1.807, 2.05) is 30.5 Å². The van der Waals surface area contributed by atoms with E-state index < -0.39 is 0 Å². The summed E-state index contributed by atoms with van der Waals surface area (Å²) in [6, 6.07) is 7.34. The number of hydrogen-bond acceptors (Lipinski definition) is 4. The van der Waals surface area contributed by atoms with Crippen LogP contribution in [0, 0.1) is 0 Å². The number of benzene rings is 1. The molecule has 0 aliphatic rings. The Labute approximate surface area is 110 Å². The Hall–Kier alpha value is -1.88. The molecule has 0 radical (unpaired) electrons. The number of amides is 1. The van der Waals surface area contributed by atoms with Crippen LogP contribution in [0.4, 0.5) is 5.69 Å². The third kappa shape index (κ3) is 2.68. The second-order valence-corrected chi connectivity index (χ2v) is 4.79. The van der Waals surface area contributed by atoms with Crippen molar-refractivity contribution in [2.75, 3.05) is 12.4 Å². The third-order valence-electron chi connectivity index (χ3n) is 2.61. The summed E-state index contributed by atoms with van der Waals surface area (Å²) in [5, 5.41) is 8.76. The minimum Gasteiger partial charge on any atom is -0.387 e. The van der Waals surface area contributed by atoms with E-state index in [9.17, 15) is 4.79 Å². The highest BCUT2D eigenvalue weighted by molar-refractivity contribution is 7.09. The van der Waals surface area contributed by atoms with Gasteiger partial charge < -0.3 is 10.6 Å². The Kier molecular flexibility index (Phi) is 3.94. The largest absolute Gasteiger partial charge is 0.387 e. The van der Waals surface area contributed by atoms with E-state index >= 15 is 0 Å². The maximum absolute atomic E-state index is 12.2. The fraction of sp³-hybridized carbons (Fsp3) is 0.231. The summed E-state index contributed by atoms with van der Waals surface area (Å²) < 4.78 is 0. The lowest BCUT2D eigenvalue weighted by Crippen LogP contribution is -2.27. The van der Waals surface area contributed by atoms with Crippen LogP contribution in [-0.2, 0) is 0 Å². The molecule has 0 saturated carbocycles. The fourth-order valence-corrected chi connectivity index (χ4v) is 2.33. The number of anilines is 1. The number of carbonyl (C=O) groups is 1. The van der Waals surface area contributed by atoms with Gasteiger partial charge in [0.15, 0.2) is 0 Å². The van der Waals surface area contributed by atoms with Crippen molar-refractivity contribution in [1.82, 2.24) is 10.3 Å². The van der Waals surface area contributed by atoms with Crippen molar-refractivity contribution in [2.45, 2.75) is 13.0 Å². The zero-order valence-corrected chi connectivity index (χ0v) is 11.1. The molecule has 0 spiro atoms. The van der Waals surface area contributed by atoms with Crippen molar-refractivity contribution in [3.05, 3.63) is 46.4 Å². The standard InChI is InChI=1S/C13H15N3OS/c1-9(13-15-7-8-18-13)16-12(17)10-5-3-4-6-11(10)14-2/h3-9,14H,1-2H3,(H,16,17). The lowest BCUT2D eigenvalue weighted by molar-refractivity contribution is 0.0940. The molecule has 94 valence electrons. The number of thiazole rings is 1. The molecule has 2 rings (SSSR count). The van der Waals surface area contributed by atoms with E-state index in [0.717, 1.165) is 10.7 Å². The van der Waals surface area contributed by atoms with Gasteiger partial charge in [-0.15, -0.1) is 11.3 Å². The highest BCUT2D eigenvalue weighted by Gasteiger charge is 2.15. The van der Waals surface area contributed by atoms with Gasteiger partial charge in [0.1, 0.15) is 5.01 Å².